The third-order valence-corrected chi connectivity index (χ3v) is 3.70. The van der Waals surface area contributed by atoms with Gasteiger partial charge in [0.1, 0.15) is 17.4 Å². The Labute approximate surface area is 157 Å². The maximum Gasteiger partial charge on any atom is 0.137 e. The van der Waals surface area contributed by atoms with Gasteiger partial charge in [-0.1, -0.05) is 6.07 Å². The van der Waals surface area contributed by atoms with Gasteiger partial charge >= 0.3 is 0 Å². The molecule has 134 valence electrons. The van der Waals surface area contributed by atoms with Crippen LogP contribution < -0.4 is 0 Å². The summed E-state index contributed by atoms with van der Waals surface area (Å²) in [4.78, 5) is 0. The Morgan fingerprint density at radius 3 is 1.79 bits per heavy atom. The van der Waals surface area contributed by atoms with E-state index in [1.165, 1.54) is 24.3 Å². The van der Waals surface area contributed by atoms with E-state index in [1.54, 1.807) is 26.4 Å². The molecule has 2 rings (SSSR count). The second kappa shape index (κ2) is 13.3. The van der Waals surface area contributed by atoms with Crippen molar-refractivity contribution in [2.45, 2.75) is 13.5 Å². The number of phenols is 1. The normalized spacial score (nSPS) is 9.46. The van der Waals surface area contributed by atoms with E-state index in [0.717, 1.165) is 12.2 Å². The van der Waals surface area contributed by atoms with Crippen LogP contribution in [0.1, 0.15) is 12.5 Å². The van der Waals surface area contributed by atoms with Crippen LogP contribution in [0.5, 0.6) is 5.75 Å². The fourth-order valence-corrected chi connectivity index (χ4v) is 2.07. The smallest absolute Gasteiger partial charge is 0.137 e. The third-order valence-electron chi connectivity index (χ3n) is 2.49. The van der Waals surface area contributed by atoms with Crippen molar-refractivity contribution in [1.29, 1.82) is 0 Å². The molecule has 0 saturated carbocycles. The first-order chi connectivity index (χ1) is 11.3. The molecule has 2 aromatic carbocycles. The number of ether oxygens (including phenoxy) is 2. The number of hydrogen-bond acceptors (Lipinski definition) is 3. The molecule has 0 aliphatic heterocycles. The first-order valence-corrected chi connectivity index (χ1v) is 8.50. The number of halogens is 4. The Balaban J connectivity index is 0.000000367. The lowest BCUT2D eigenvalue weighted by Gasteiger charge is -1.99. The quantitative estimate of drug-likeness (QED) is 0.628. The molecule has 24 heavy (non-hydrogen) atoms. The van der Waals surface area contributed by atoms with Crippen molar-refractivity contribution in [3.8, 4) is 5.75 Å². The SMILES string of the molecule is CCOC.COCc1ccc(F)c(Br)c1.Oc1ccc(F)c(Br)c1. The van der Waals surface area contributed by atoms with Crippen LogP contribution in [0, 0.1) is 11.6 Å². The van der Waals surface area contributed by atoms with E-state index in [-0.39, 0.29) is 21.9 Å². The summed E-state index contributed by atoms with van der Waals surface area (Å²) < 4.78 is 35.2. The van der Waals surface area contributed by atoms with Crippen LogP contribution in [0.15, 0.2) is 45.3 Å². The molecule has 0 bridgehead atoms. The Kier molecular flexibility index (Phi) is 12.7. The molecular formula is C17H20Br2F2O3. The summed E-state index contributed by atoms with van der Waals surface area (Å²) >= 11 is 6.00. The van der Waals surface area contributed by atoms with Gasteiger partial charge < -0.3 is 14.6 Å². The summed E-state index contributed by atoms with van der Waals surface area (Å²) in [5.74, 6) is -0.555. The molecule has 0 aliphatic carbocycles. The fourth-order valence-electron chi connectivity index (χ4n) is 1.28. The van der Waals surface area contributed by atoms with Crippen molar-refractivity contribution in [1.82, 2.24) is 0 Å². The number of aromatic hydroxyl groups is 1. The van der Waals surface area contributed by atoms with Crippen molar-refractivity contribution in [3.05, 3.63) is 62.5 Å². The van der Waals surface area contributed by atoms with Gasteiger partial charge in [-0.05, 0) is 74.7 Å². The number of benzene rings is 2. The van der Waals surface area contributed by atoms with Crippen molar-refractivity contribution in [2.24, 2.45) is 0 Å². The molecule has 0 fully saturated rings. The zero-order valence-corrected chi connectivity index (χ0v) is 16.8. The minimum atomic E-state index is -0.368. The molecule has 1 N–H and O–H groups in total. The lowest BCUT2D eigenvalue weighted by atomic mass is 10.2. The summed E-state index contributed by atoms with van der Waals surface area (Å²) in [6.07, 6.45) is 0. The van der Waals surface area contributed by atoms with E-state index >= 15 is 0 Å². The average Bonchev–Trinajstić information content (AvgIpc) is 2.56. The maximum atomic E-state index is 12.7. The molecule has 0 aliphatic rings. The van der Waals surface area contributed by atoms with Gasteiger partial charge in [0.2, 0.25) is 0 Å². The Bertz CT molecular complexity index is 608. The third kappa shape index (κ3) is 9.97. The summed E-state index contributed by atoms with van der Waals surface area (Å²) in [5.41, 5.74) is 0.959. The van der Waals surface area contributed by atoms with Crippen molar-refractivity contribution in [2.75, 3.05) is 20.8 Å². The zero-order chi connectivity index (χ0) is 18.5. The number of rotatable bonds is 3. The minimum Gasteiger partial charge on any atom is -0.508 e. The molecule has 0 radical (unpaired) electrons. The molecule has 0 spiro atoms. The van der Waals surface area contributed by atoms with Crippen LogP contribution in [-0.2, 0) is 16.1 Å². The monoisotopic (exact) mass is 468 g/mol. The predicted molar refractivity (Wildman–Crippen MR) is 98.1 cm³/mol. The largest absolute Gasteiger partial charge is 0.508 e. The fraction of sp³-hybridized carbons (Fsp3) is 0.294. The van der Waals surface area contributed by atoms with Gasteiger partial charge in [-0.15, -0.1) is 0 Å². The Hall–Kier alpha value is -1.02. The Morgan fingerprint density at radius 1 is 0.917 bits per heavy atom. The van der Waals surface area contributed by atoms with Crippen molar-refractivity contribution in [3.63, 3.8) is 0 Å². The predicted octanol–water partition coefficient (Wildman–Crippen LogP) is 5.68. The van der Waals surface area contributed by atoms with Crippen LogP contribution in [0.4, 0.5) is 8.78 Å². The number of hydrogen-bond donors (Lipinski definition) is 1. The molecule has 0 saturated heterocycles. The van der Waals surface area contributed by atoms with Gasteiger partial charge in [0, 0.05) is 20.8 Å². The molecule has 7 heteroatoms. The molecule has 0 aromatic heterocycles. The van der Waals surface area contributed by atoms with E-state index in [9.17, 15) is 8.78 Å². The first-order valence-electron chi connectivity index (χ1n) is 6.91. The molecule has 0 heterocycles. The highest BCUT2D eigenvalue weighted by Crippen LogP contribution is 2.20. The highest BCUT2D eigenvalue weighted by Gasteiger charge is 1.99. The lowest BCUT2D eigenvalue weighted by Crippen LogP contribution is -1.88. The summed E-state index contributed by atoms with van der Waals surface area (Å²) in [6.45, 7) is 3.29. The van der Waals surface area contributed by atoms with Crippen LogP contribution in [0.3, 0.4) is 0 Å². The second-order valence-electron chi connectivity index (χ2n) is 4.36. The Morgan fingerprint density at radius 2 is 1.42 bits per heavy atom. The van der Waals surface area contributed by atoms with Gasteiger partial charge in [-0.25, -0.2) is 8.78 Å². The maximum absolute atomic E-state index is 12.7. The second-order valence-corrected chi connectivity index (χ2v) is 6.07. The molecule has 0 amide bonds. The van der Waals surface area contributed by atoms with Crippen molar-refractivity contribution < 1.29 is 23.4 Å². The van der Waals surface area contributed by atoms with Gasteiger partial charge in [-0.2, -0.15) is 0 Å². The summed E-state index contributed by atoms with van der Waals surface area (Å²) in [7, 11) is 3.29. The standard InChI is InChI=1S/C8H8BrFO.C6H4BrFO.C3H8O/c1-11-5-6-2-3-8(10)7(9)4-6;7-5-3-4(9)1-2-6(5)8;1-3-4-2/h2-4H,5H2,1H3;1-3,9H;3H2,1-2H3. The highest BCUT2D eigenvalue weighted by atomic mass is 79.9. The van der Waals surface area contributed by atoms with Crippen LogP contribution in [0.25, 0.3) is 0 Å². The summed E-state index contributed by atoms with van der Waals surface area (Å²) in [5, 5.41) is 8.74. The van der Waals surface area contributed by atoms with E-state index < -0.39 is 0 Å². The number of phenolic OH excluding ortho intramolecular Hbond substituents is 1. The molecule has 0 unspecified atom stereocenters. The molecule has 3 nitrogen and oxygen atoms in total. The summed E-state index contributed by atoms with van der Waals surface area (Å²) in [6, 6.07) is 8.61. The van der Waals surface area contributed by atoms with Gasteiger partial charge in [0.05, 0.1) is 15.6 Å². The van der Waals surface area contributed by atoms with E-state index in [1.807, 2.05) is 6.92 Å². The molecule has 0 atom stereocenters. The van der Waals surface area contributed by atoms with Crippen LogP contribution >= 0.6 is 31.9 Å². The van der Waals surface area contributed by atoms with E-state index in [4.69, 9.17) is 9.84 Å². The van der Waals surface area contributed by atoms with Crippen LogP contribution in [-0.4, -0.2) is 25.9 Å². The minimum absolute atomic E-state index is 0.0586. The lowest BCUT2D eigenvalue weighted by molar-refractivity contribution is 0.185. The van der Waals surface area contributed by atoms with Crippen LogP contribution in [0.2, 0.25) is 0 Å². The average molecular weight is 470 g/mol. The zero-order valence-electron chi connectivity index (χ0n) is 13.7. The topological polar surface area (TPSA) is 38.7 Å². The van der Waals surface area contributed by atoms with Gasteiger partial charge in [0.15, 0.2) is 0 Å². The first kappa shape index (κ1) is 23.0. The highest BCUT2D eigenvalue weighted by molar-refractivity contribution is 9.10. The van der Waals surface area contributed by atoms with E-state index in [2.05, 4.69) is 36.6 Å². The van der Waals surface area contributed by atoms with Gasteiger partial charge in [0.25, 0.3) is 0 Å². The molecular weight excluding hydrogens is 450 g/mol. The van der Waals surface area contributed by atoms with E-state index in [0.29, 0.717) is 11.1 Å². The molecule has 2 aromatic rings. The van der Waals surface area contributed by atoms with Gasteiger partial charge in [-0.3, -0.25) is 0 Å². The number of methoxy groups -OCH3 is 2. The van der Waals surface area contributed by atoms with Crippen molar-refractivity contribution >= 4 is 31.9 Å².